The van der Waals surface area contributed by atoms with Crippen LogP contribution in [0.15, 0.2) is 24.3 Å². The average Bonchev–Trinajstić information content (AvgIpc) is 2.95. The summed E-state index contributed by atoms with van der Waals surface area (Å²) in [7, 11) is 1.42. The molecule has 1 amide bonds. The van der Waals surface area contributed by atoms with Crippen LogP contribution < -0.4 is 5.32 Å². The van der Waals surface area contributed by atoms with Crippen LogP contribution in [-0.4, -0.2) is 76.2 Å². The molecule has 0 aromatic heterocycles. The van der Waals surface area contributed by atoms with Gasteiger partial charge in [0.05, 0.1) is 31.6 Å². The van der Waals surface area contributed by atoms with E-state index in [0.29, 0.717) is 19.8 Å². The summed E-state index contributed by atoms with van der Waals surface area (Å²) in [6, 6.07) is 5.80. The van der Waals surface area contributed by atoms with Gasteiger partial charge in [-0.15, -0.1) is 0 Å². The second-order valence-corrected chi connectivity index (χ2v) is 9.06. The van der Waals surface area contributed by atoms with Gasteiger partial charge in [0.25, 0.3) is 0 Å². The number of hydrogen-bond donors (Lipinski definition) is 1. The molecule has 1 heterocycles. The molecule has 146 valence electrons. The molecule has 1 aromatic carbocycles. The number of likely N-dealkylation sites (N-methyl/N-ethyl adjacent to an activating group) is 1. The van der Waals surface area contributed by atoms with E-state index in [1.54, 1.807) is 19.2 Å². The lowest BCUT2D eigenvalue weighted by molar-refractivity contribution is -0.123. The summed E-state index contributed by atoms with van der Waals surface area (Å²) in [5.41, 5.74) is 0.904. The van der Waals surface area contributed by atoms with Gasteiger partial charge in [0.15, 0.2) is 0 Å². The zero-order valence-corrected chi connectivity index (χ0v) is 16.1. The first kappa shape index (κ1) is 20.8. The molecule has 7 nitrogen and oxygen atoms in total. The zero-order valence-electron chi connectivity index (χ0n) is 15.3. The summed E-state index contributed by atoms with van der Waals surface area (Å²) in [5.74, 6) is -0.823. The maximum atomic E-state index is 12.9. The van der Waals surface area contributed by atoms with E-state index < -0.39 is 10.0 Å². The standard InChI is InChI=1S/C17H26FN3O4S/c1-20(2)26(23,24)12-14-10-25-11-16(14)19-17(22)9-21(3)8-13-4-6-15(18)7-5-13/h4-7,14,16H,8-12H2,1-3H3,(H,19,22)/t14-,16+/m0/s1. The van der Waals surface area contributed by atoms with Crippen LogP contribution in [0.2, 0.25) is 0 Å². The van der Waals surface area contributed by atoms with E-state index >= 15 is 0 Å². The molecular weight excluding hydrogens is 361 g/mol. The van der Waals surface area contributed by atoms with Crippen molar-refractivity contribution >= 4 is 15.9 Å². The van der Waals surface area contributed by atoms with Crippen molar-refractivity contribution < 1.29 is 22.3 Å². The summed E-state index contributed by atoms with van der Waals surface area (Å²) in [6.45, 7) is 1.28. The number of carbonyl (C=O) groups is 1. The largest absolute Gasteiger partial charge is 0.379 e. The Morgan fingerprint density at radius 1 is 1.23 bits per heavy atom. The molecule has 1 aliphatic heterocycles. The number of halogens is 1. The first-order valence-corrected chi connectivity index (χ1v) is 9.98. The fourth-order valence-electron chi connectivity index (χ4n) is 2.80. The monoisotopic (exact) mass is 387 g/mol. The van der Waals surface area contributed by atoms with Crippen LogP contribution >= 0.6 is 0 Å². The van der Waals surface area contributed by atoms with Crippen molar-refractivity contribution in [1.29, 1.82) is 0 Å². The van der Waals surface area contributed by atoms with Crippen LogP contribution in [0.4, 0.5) is 4.39 Å². The third-order valence-corrected chi connectivity index (χ3v) is 6.27. The van der Waals surface area contributed by atoms with Gasteiger partial charge in [0.2, 0.25) is 15.9 Å². The fourth-order valence-corrected chi connectivity index (χ4v) is 3.96. The number of amides is 1. The molecule has 2 rings (SSSR count). The molecule has 0 spiro atoms. The maximum Gasteiger partial charge on any atom is 0.234 e. The lowest BCUT2D eigenvalue weighted by atomic mass is 10.1. The van der Waals surface area contributed by atoms with Gasteiger partial charge < -0.3 is 10.1 Å². The van der Waals surface area contributed by atoms with Crippen LogP contribution in [0.1, 0.15) is 5.56 Å². The normalized spacial score (nSPS) is 20.7. The highest BCUT2D eigenvalue weighted by atomic mass is 32.2. The second-order valence-electron chi connectivity index (χ2n) is 6.83. The Labute approximate surface area is 154 Å². The molecule has 1 saturated heterocycles. The molecule has 0 aliphatic carbocycles. The molecule has 1 fully saturated rings. The van der Waals surface area contributed by atoms with Crippen LogP contribution in [0.3, 0.4) is 0 Å². The van der Waals surface area contributed by atoms with Gasteiger partial charge in [-0.25, -0.2) is 17.1 Å². The van der Waals surface area contributed by atoms with Crippen molar-refractivity contribution in [3.05, 3.63) is 35.6 Å². The lowest BCUT2D eigenvalue weighted by Crippen LogP contribution is -2.46. The highest BCUT2D eigenvalue weighted by Crippen LogP contribution is 2.17. The topological polar surface area (TPSA) is 79.0 Å². The summed E-state index contributed by atoms with van der Waals surface area (Å²) in [6.07, 6.45) is 0. The van der Waals surface area contributed by atoms with Crippen molar-refractivity contribution in [3.63, 3.8) is 0 Å². The molecule has 0 unspecified atom stereocenters. The number of hydrogen-bond acceptors (Lipinski definition) is 5. The van der Waals surface area contributed by atoms with Gasteiger partial charge in [-0.2, -0.15) is 0 Å². The van der Waals surface area contributed by atoms with Crippen molar-refractivity contribution in [2.45, 2.75) is 12.6 Å². The van der Waals surface area contributed by atoms with Gasteiger partial charge in [-0.1, -0.05) is 12.1 Å². The van der Waals surface area contributed by atoms with E-state index in [4.69, 9.17) is 4.74 Å². The summed E-state index contributed by atoms with van der Waals surface area (Å²) >= 11 is 0. The number of rotatable bonds is 8. The summed E-state index contributed by atoms with van der Waals surface area (Å²) in [5, 5.41) is 2.87. The predicted molar refractivity (Wildman–Crippen MR) is 96.4 cm³/mol. The minimum absolute atomic E-state index is 0.0592. The van der Waals surface area contributed by atoms with Gasteiger partial charge >= 0.3 is 0 Å². The van der Waals surface area contributed by atoms with Crippen molar-refractivity contribution in [1.82, 2.24) is 14.5 Å². The third kappa shape index (κ3) is 6.01. The van der Waals surface area contributed by atoms with Crippen LogP contribution in [0, 0.1) is 11.7 Å². The van der Waals surface area contributed by atoms with Gasteiger partial charge in [-0.3, -0.25) is 9.69 Å². The van der Waals surface area contributed by atoms with E-state index in [0.717, 1.165) is 5.56 Å². The first-order valence-electron chi connectivity index (χ1n) is 8.37. The SMILES string of the molecule is CN(CC(=O)N[C@@H]1COC[C@H]1CS(=O)(=O)N(C)C)Cc1ccc(F)cc1. The first-order chi connectivity index (χ1) is 12.2. The Balaban J connectivity index is 1.85. The minimum Gasteiger partial charge on any atom is -0.379 e. The Morgan fingerprint density at radius 2 is 1.88 bits per heavy atom. The Bertz CT molecular complexity index is 709. The quantitative estimate of drug-likeness (QED) is 0.693. The van der Waals surface area contributed by atoms with Crippen LogP contribution in [0.25, 0.3) is 0 Å². The van der Waals surface area contributed by atoms with Crippen molar-refractivity contribution in [3.8, 4) is 0 Å². The van der Waals surface area contributed by atoms with Crippen LogP contribution in [-0.2, 0) is 26.1 Å². The molecule has 0 saturated carbocycles. The summed E-state index contributed by atoms with van der Waals surface area (Å²) in [4.78, 5) is 14.1. The molecule has 1 aliphatic rings. The van der Waals surface area contributed by atoms with E-state index in [-0.39, 0.29) is 36.0 Å². The molecular formula is C17H26FN3O4S. The minimum atomic E-state index is -3.36. The number of benzene rings is 1. The second kappa shape index (κ2) is 8.90. The lowest BCUT2D eigenvalue weighted by Gasteiger charge is -2.22. The van der Waals surface area contributed by atoms with Crippen molar-refractivity contribution in [2.75, 3.05) is 46.7 Å². The van der Waals surface area contributed by atoms with E-state index in [9.17, 15) is 17.6 Å². The number of sulfonamides is 1. The maximum absolute atomic E-state index is 12.9. The molecule has 2 atom stereocenters. The number of ether oxygens (including phenoxy) is 1. The molecule has 0 radical (unpaired) electrons. The summed E-state index contributed by atoms with van der Waals surface area (Å²) < 4.78 is 43.6. The number of nitrogens with zero attached hydrogens (tertiary/aromatic N) is 2. The van der Waals surface area contributed by atoms with E-state index in [2.05, 4.69) is 5.32 Å². The van der Waals surface area contributed by atoms with Gasteiger partial charge in [0, 0.05) is 26.6 Å². The highest BCUT2D eigenvalue weighted by molar-refractivity contribution is 7.89. The zero-order chi connectivity index (χ0) is 19.3. The Hall–Kier alpha value is -1.55. The van der Waals surface area contributed by atoms with Gasteiger partial charge in [0.1, 0.15) is 5.82 Å². The highest BCUT2D eigenvalue weighted by Gasteiger charge is 2.34. The third-order valence-electron chi connectivity index (χ3n) is 4.31. The van der Waals surface area contributed by atoms with Crippen LogP contribution in [0.5, 0.6) is 0 Å². The molecule has 9 heteroatoms. The van der Waals surface area contributed by atoms with E-state index in [1.807, 2.05) is 4.90 Å². The van der Waals surface area contributed by atoms with E-state index in [1.165, 1.54) is 30.5 Å². The predicted octanol–water partition coefficient (Wildman–Crippen LogP) is 0.280. The molecule has 0 bridgehead atoms. The fraction of sp³-hybridized carbons (Fsp3) is 0.588. The Kier molecular flexibility index (Phi) is 7.10. The number of carbonyl (C=O) groups excluding carboxylic acids is 1. The number of nitrogens with one attached hydrogen (secondary N) is 1. The Morgan fingerprint density at radius 3 is 2.50 bits per heavy atom. The molecule has 1 aromatic rings. The molecule has 26 heavy (non-hydrogen) atoms. The molecule has 1 N–H and O–H groups in total. The smallest absolute Gasteiger partial charge is 0.234 e. The van der Waals surface area contributed by atoms with Gasteiger partial charge in [-0.05, 0) is 24.7 Å². The van der Waals surface area contributed by atoms with Crippen molar-refractivity contribution in [2.24, 2.45) is 5.92 Å². The average molecular weight is 387 g/mol.